The predicted molar refractivity (Wildman–Crippen MR) is 77.9 cm³/mol. The van der Waals surface area contributed by atoms with Gasteiger partial charge in [-0.2, -0.15) is 4.31 Å². The molecule has 0 amide bonds. The van der Waals surface area contributed by atoms with E-state index in [0.29, 0.717) is 4.90 Å². The number of nitrogens with one attached hydrogen (secondary N) is 1. The first-order valence-electron chi connectivity index (χ1n) is 6.69. The Hall–Kier alpha value is -1.07. The summed E-state index contributed by atoms with van der Waals surface area (Å²) < 4.78 is 26.6. The molecule has 5 heteroatoms. The van der Waals surface area contributed by atoms with Crippen molar-refractivity contribution in [3.05, 3.63) is 23.8 Å². The molecule has 0 aliphatic carbocycles. The summed E-state index contributed by atoms with van der Waals surface area (Å²) in [6, 6.07) is 5.34. The second kappa shape index (κ2) is 5.13. The van der Waals surface area contributed by atoms with Crippen LogP contribution < -0.4 is 5.32 Å². The first-order chi connectivity index (χ1) is 8.84. The Balaban J connectivity index is 2.34. The molecule has 1 aromatic rings. The van der Waals surface area contributed by atoms with Crippen LogP contribution in [0.1, 0.15) is 26.3 Å². The van der Waals surface area contributed by atoms with Gasteiger partial charge in [-0.15, -0.1) is 0 Å². The monoisotopic (exact) mass is 282 g/mol. The summed E-state index contributed by atoms with van der Waals surface area (Å²) in [6.07, 6.45) is 0.891. The van der Waals surface area contributed by atoms with Crippen molar-refractivity contribution >= 4 is 15.7 Å². The van der Waals surface area contributed by atoms with Crippen LogP contribution >= 0.6 is 0 Å². The molecular weight excluding hydrogens is 260 g/mol. The van der Waals surface area contributed by atoms with Gasteiger partial charge in [0.05, 0.1) is 4.90 Å². The van der Waals surface area contributed by atoms with Crippen molar-refractivity contribution in [1.82, 2.24) is 4.31 Å². The average molecular weight is 282 g/mol. The van der Waals surface area contributed by atoms with E-state index in [-0.39, 0.29) is 12.0 Å². The molecular formula is C14H22N2O2S. The number of rotatable bonds is 4. The molecule has 4 nitrogen and oxygen atoms in total. The van der Waals surface area contributed by atoms with Gasteiger partial charge in [0.2, 0.25) is 10.0 Å². The molecule has 1 atom stereocenters. The van der Waals surface area contributed by atoms with Gasteiger partial charge in [-0.3, -0.25) is 0 Å². The molecule has 0 fully saturated rings. The third-order valence-corrected chi connectivity index (χ3v) is 5.94. The molecule has 2 rings (SSSR count). The number of hydrogen-bond donors (Lipinski definition) is 1. The summed E-state index contributed by atoms with van der Waals surface area (Å²) in [5.41, 5.74) is 2.14. The van der Waals surface area contributed by atoms with Crippen LogP contribution in [0.15, 0.2) is 23.1 Å². The normalized spacial score (nSPS) is 16.5. The summed E-state index contributed by atoms with van der Waals surface area (Å²) in [7, 11) is -1.74. The molecule has 1 aliphatic heterocycles. The lowest BCUT2D eigenvalue weighted by molar-refractivity contribution is 0.316. The summed E-state index contributed by atoms with van der Waals surface area (Å²) in [6.45, 7) is 6.89. The Morgan fingerprint density at radius 3 is 2.58 bits per heavy atom. The van der Waals surface area contributed by atoms with Crippen molar-refractivity contribution in [2.24, 2.45) is 5.92 Å². The minimum Gasteiger partial charge on any atom is -0.384 e. The van der Waals surface area contributed by atoms with Crippen molar-refractivity contribution in [3.8, 4) is 0 Å². The molecule has 0 saturated carbocycles. The second-order valence-electron chi connectivity index (χ2n) is 5.50. The average Bonchev–Trinajstić information content (AvgIpc) is 2.83. The SMILES string of the molecule is CC(C)C(C)N(C)S(=O)(=O)c1ccc2c(c1)CCN2. The highest BCUT2D eigenvalue weighted by molar-refractivity contribution is 7.89. The standard InChI is InChI=1S/C14H22N2O2S/c1-10(2)11(3)16(4)19(17,18)13-5-6-14-12(9-13)7-8-15-14/h5-6,9-11,15H,7-8H2,1-4H3. The highest BCUT2D eigenvalue weighted by atomic mass is 32.2. The Kier molecular flexibility index (Phi) is 3.87. The number of nitrogens with zero attached hydrogens (tertiary/aromatic N) is 1. The summed E-state index contributed by atoms with van der Waals surface area (Å²) in [5.74, 6) is 0.288. The van der Waals surface area contributed by atoms with Crippen LogP contribution in [0, 0.1) is 5.92 Å². The van der Waals surface area contributed by atoms with Crippen LogP contribution in [0.25, 0.3) is 0 Å². The first kappa shape index (κ1) is 14.3. The molecule has 1 aliphatic rings. The lowest BCUT2D eigenvalue weighted by atomic mass is 10.1. The molecule has 0 saturated heterocycles. The Labute approximate surface area is 115 Å². The molecule has 1 heterocycles. The molecule has 1 aromatic carbocycles. The van der Waals surface area contributed by atoms with Gasteiger partial charge in [0.25, 0.3) is 0 Å². The zero-order chi connectivity index (χ0) is 14.2. The van der Waals surface area contributed by atoms with Gasteiger partial charge < -0.3 is 5.32 Å². The minimum atomic E-state index is -3.40. The van der Waals surface area contributed by atoms with Gasteiger partial charge in [-0.1, -0.05) is 13.8 Å². The van der Waals surface area contributed by atoms with E-state index in [9.17, 15) is 8.42 Å². The third-order valence-electron chi connectivity index (χ3n) is 4.00. The Morgan fingerprint density at radius 1 is 1.26 bits per heavy atom. The third kappa shape index (κ3) is 2.62. The van der Waals surface area contributed by atoms with E-state index in [4.69, 9.17) is 0 Å². The number of sulfonamides is 1. The molecule has 0 radical (unpaired) electrons. The van der Waals surface area contributed by atoms with Crippen molar-refractivity contribution in [2.75, 3.05) is 18.9 Å². The fourth-order valence-electron chi connectivity index (χ4n) is 2.25. The number of hydrogen-bond acceptors (Lipinski definition) is 3. The van der Waals surface area contributed by atoms with E-state index in [1.807, 2.05) is 26.8 Å². The highest BCUT2D eigenvalue weighted by Crippen LogP contribution is 2.27. The van der Waals surface area contributed by atoms with E-state index >= 15 is 0 Å². The molecule has 0 spiro atoms. The van der Waals surface area contributed by atoms with Crippen LogP contribution in [0.3, 0.4) is 0 Å². The lowest BCUT2D eigenvalue weighted by Crippen LogP contribution is -2.38. The number of anilines is 1. The van der Waals surface area contributed by atoms with E-state index in [1.165, 1.54) is 4.31 Å². The van der Waals surface area contributed by atoms with Gasteiger partial charge in [0.1, 0.15) is 0 Å². The van der Waals surface area contributed by atoms with Gasteiger partial charge in [-0.25, -0.2) is 8.42 Å². The smallest absolute Gasteiger partial charge is 0.243 e. The number of benzene rings is 1. The quantitative estimate of drug-likeness (QED) is 0.922. The van der Waals surface area contributed by atoms with Crippen LogP contribution in [0.5, 0.6) is 0 Å². The molecule has 0 aromatic heterocycles. The topological polar surface area (TPSA) is 49.4 Å². The van der Waals surface area contributed by atoms with Crippen LogP contribution in [-0.4, -0.2) is 32.4 Å². The number of fused-ring (bicyclic) bond motifs is 1. The molecule has 0 bridgehead atoms. The van der Waals surface area contributed by atoms with Crippen LogP contribution in [0.2, 0.25) is 0 Å². The predicted octanol–water partition coefficient (Wildman–Crippen LogP) is 2.32. The molecule has 1 N–H and O–H groups in total. The Morgan fingerprint density at radius 2 is 1.95 bits per heavy atom. The van der Waals surface area contributed by atoms with Crippen LogP contribution in [-0.2, 0) is 16.4 Å². The minimum absolute atomic E-state index is 0.0172. The first-order valence-corrected chi connectivity index (χ1v) is 8.13. The van der Waals surface area contributed by atoms with Crippen molar-refractivity contribution in [2.45, 2.75) is 38.1 Å². The zero-order valence-electron chi connectivity index (χ0n) is 12.0. The molecule has 19 heavy (non-hydrogen) atoms. The fraction of sp³-hybridized carbons (Fsp3) is 0.571. The van der Waals surface area contributed by atoms with Gasteiger partial charge in [0.15, 0.2) is 0 Å². The summed E-state index contributed by atoms with van der Waals surface area (Å²) in [5, 5.41) is 3.24. The summed E-state index contributed by atoms with van der Waals surface area (Å²) in [4.78, 5) is 0.393. The van der Waals surface area contributed by atoms with Crippen molar-refractivity contribution in [1.29, 1.82) is 0 Å². The maximum atomic E-state index is 12.6. The van der Waals surface area contributed by atoms with E-state index < -0.39 is 10.0 Å². The summed E-state index contributed by atoms with van der Waals surface area (Å²) >= 11 is 0. The van der Waals surface area contributed by atoms with Gasteiger partial charge in [0, 0.05) is 25.3 Å². The van der Waals surface area contributed by atoms with E-state index in [0.717, 1.165) is 24.2 Å². The maximum Gasteiger partial charge on any atom is 0.243 e. The lowest BCUT2D eigenvalue weighted by Gasteiger charge is -2.27. The highest BCUT2D eigenvalue weighted by Gasteiger charge is 2.27. The van der Waals surface area contributed by atoms with Crippen LogP contribution in [0.4, 0.5) is 5.69 Å². The van der Waals surface area contributed by atoms with Crippen molar-refractivity contribution in [3.63, 3.8) is 0 Å². The zero-order valence-corrected chi connectivity index (χ0v) is 12.8. The van der Waals surface area contributed by atoms with Gasteiger partial charge in [-0.05, 0) is 43.0 Å². The van der Waals surface area contributed by atoms with Crippen molar-refractivity contribution < 1.29 is 8.42 Å². The van der Waals surface area contributed by atoms with E-state index in [2.05, 4.69) is 5.32 Å². The Bertz CT molecular complexity index is 567. The van der Waals surface area contributed by atoms with E-state index in [1.54, 1.807) is 19.2 Å². The fourth-order valence-corrected chi connectivity index (χ4v) is 3.79. The molecule has 106 valence electrons. The van der Waals surface area contributed by atoms with Gasteiger partial charge >= 0.3 is 0 Å². The molecule has 1 unspecified atom stereocenters. The maximum absolute atomic E-state index is 12.6. The largest absolute Gasteiger partial charge is 0.384 e. The second-order valence-corrected chi connectivity index (χ2v) is 7.50.